The second-order valence-electron chi connectivity index (χ2n) is 6.34. The van der Waals surface area contributed by atoms with Gasteiger partial charge in [0.15, 0.2) is 0 Å². The standard InChI is InChI=1S/C20H26N4O2/c1-15(2)24-13-17(25)14-26-20-18(12-21)19(9-11-23-20)22-10-8-16-6-4-3-5-7-16/h3-7,9,11,15,17,24-25H,8,10,13-14H2,1-2H3,(H,22,23). The first-order valence-electron chi connectivity index (χ1n) is 8.81. The Morgan fingerprint density at radius 3 is 2.69 bits per heavy atom. The number of aliphatic hydroxyl groups is 1. The van der Waals surface area contributed by atoms with Gasteiger partial charge in [-0.05, 0) is 18.1 Å². The van der Waals surface area contributed by atoms with Crippen LogP contribution in [0.1, 0.15) is 25.0 Å². The average molecular weight is 354 g/mol. The summed E-state index contributed by atoms with van der Waals surface area (Å²) < 4.78 is 5.56. The van der Waals surface area contributed by atoms with Crippen LogP contribution in [0.2, 0.25) is 0 Å². The van der Waals surface area contributed by atoms with E-state index < -0.39 is 6.10 Å². The number of aromatic nitrogens is 1. The summed E-state index contributed by atoms with van der Waals surface area (Å²) in [7, 11) is 0. The van der Waals surface area contributed by atoms with Crippen LogP contribution in [0, 0.1) is 11.3 Å². The van der Waals surface area contributed by atoms with Gasteiger partial charge in [-0.25, -0.2) is 4.98 Å². The number of aliphatic hydroxyl groups excluding tert-OH is 1. The fraction of sp³-hybridized carbons (Fsp3) is 0.400. The van der Waals surface area contributed by atoms with E-state index in [1.54, 1.807) is 12.3 Å². The van der Waals surface area contributed by atoms with E-state index in [0.717, 1.165) is 6.42 Å². The van der Waals surface area contributed by atoms with Gasteiger partial charge in [-0.15, -0.1) is 0 Å². The number of rotatable bonds is 10. The van der Waals surface area contributed by atoms with E-state index in [2.05, 4.69) is 33.8 Å². The number of hydrogen-bond donors (Lipinski definition) is 3. The minimum atomic E-state index is -0.666. The van der Waals surface area contributed by atoms with Crippen molar-refractivity contribution in [2.75, 3.05) is 25.0 Å². The molecule has 0 saturated heterocycles. The fourth-order valence-corrected chi connectivity index (χ4v) is 2.40. The molecule has 0 spiro atoms. The molecule has 1 aromatic carbocycles. The van der Waals surface area contributed by atoms with Crippen LogP contribution in [0.5, 0.6) is 5.88 Å². The van der Waals surface area contributed by atoms with Gasteiger partial charge >= 0.3 is 0 Å². The molecular formula is C20H26N4O2. The summed E-state index contributed by atoms with van der Waals surface area (Å²) in [5.74, 6) is 0.237. The smallest absolute Gasteiger partial charge is 0.233 e. The third-order valence-corrected chi connectivity index (χ3v) is 3.77. The van der Waals surface area contributed by atoms with E-state index in [0.29, 0.717) is 24.3 Å². The van der Waals surface area contributed by atoms with Crippen molar-refractivity contribution >= 4 is 5.69 Å². The first-order chi connectivity index (χ1) is 12.6. The Morgan fingerprint density at radius 2 is 2.00 bits per heavy atom. The number of pyridine rings is 1. The Balaban J connectivity index is 1.92. The molecule has 6 heteroatoms. The molecule has 1 atom stereocenters. The van der Waals surface area contributed by atoms with Crippen LogP contribution in [0.4, 0.5) is 5.69 Å². The maximum atomic E-state index is 9.95. The van der Waals surface area contributed by atoms with Crippen molar-refractivity contribution in [2.24, 2.45) is 0 Å². The van der Waals surface area contributed by atoms with Gasteiger partial charge in [0.1, 0.15) is 24.3 Å². The number of nitriles is 1. The fourth-order valence-electron chi connectivity index (χ4n) is 2.40. The zero-order valence-corrected chi connectivity index (χ0v) is 15.3. The number of benzene rings is 1. The summed E-state index contributed by atoms with van der Waals surface area (Å²) in [5.41, 5.74) is 2.26. The van der Waals surface area contributed by atoms with Crippen molar-refractivity contribution in [3.05, 3.63) is 53.7 Å². The third-order valence-electron chi connectivity index (χ3n) is 3.77. The molecule has 1 heterocycles. The second kappa shape index (κ2) is 10.4. The van der Waals surface area contributed by atoms with Crippen LogP contribution in [-0.2, 0) is 6.42 Å². The Morgan fingerprint density at radius 1 is 1.23 bits per heavy atom. The van der Waals surface area contributed by atoms with Gasteiger partial charge < -0.3 is 20.5 Å². The van der Waals surface area contributed by atoms with Crippen LogP contribution >= 0.6 is 0 Å². The van der Waals surface area contributed by atoms with Crippen molar-refractivity contribution in [3.8, 4) is 11.9 Å². The number of ether oxygens (including phenoxy) is 1. The molecule has 2 aromatic rings. The summed E-state index contributed by atoms with van der Waals surface area (Å²) in [6.45, 7) is 5.22. The zero-order valence-electron chi connectivity index (χ0n) is 15.3. The molecule has 0 aliphatic carbocycles. The predicted molar refractivity (Wildman–Crippen MR) is 102 cm³/mol. The minimum Gasteiger partial charge on any atom is -0.474 e. The van der Waals surface area contributed by atoms with Crippen LogP contribution < -0.4 is 15.4 Å². The lowest BCUT2D eigenvalue weighted by molar-refractivity contribution is 0.102. The molecule has 0 saturated carbocycles. The lowest BCUT2D eigenvalue weighted by Crippen LogP contribution is -2.35. The molecule has 0 amide bonds. The first-order valence-corrected chi connectivity index (χ1v) is 8.81. The van der Waals surface area contributed by atoms with E-state index in [1.807, 2.05) is 32.0 Å². The van der Waals surface area contributed by atoms with Crippen molar-refractivity contribution < 1.29 is 9.84 Å². The average Bonchev–Trinajstić information content (AvgIpc) is 2.65. The first kappa shape index (κ1) is 19.7. The van der Waals surface area contributed by atoms with Gasteiger partial charge in [0.2, 0.25) is 5.88 Å². The largest absolute Gasteiger partial charge is 0.474 e. The molecule has 1 aromatic heterocycles. The monoisotopic (exact) mass is 354 g/mol. The number of nitrogens with zero attached hydrogens (tertiary/aromatic N) is 2. The van der Waals surface area contributed by atoms with Gasteiger partial charge in [-0.2, -0.15) is 5.26 Å². The molecule has 0 aliphatic heterocycles. The summed E-state index contributed by atoms with van der Waals surface area (Å²) in [5, 5.41) is 25.8. The van der Waals surface area contributed by atoms with Crippen molar-refractivity contribution in [1.29, 1.82) is 5.26 Å². The Kier molecular flexibility index (Phi) is 7.87. The highest BCUT2D eigenvalue weighted by atomic mass is 16.5. The van der Waals surface area contributed by atoms with Crippen molar-refractivity contribution in [3.63, 3.8) is 0 Å². The van der Waals surface area contributed by atoms with E-state index >= 15 is 0 Å². The van der Waals surface area contributed by atoms with Crippen LogP contribution in [0.15, 0.2) is 42.6 Å². The molecule has 0 bridgehead atoms. The van der Waals surface area contributed by atoms with Crippen molar-refractivity contribution in [1.82, 2.24) is 10.3 Å². The van der Waals surface area contributed by atoms with Gasteiger partial charge in [0, 0.05) is 25.3 Å². The van der Waals surface area contributed by atoms with Crippen LogP contribution in [0.25, 0.3) is 0 Å². The normalized spacial score (nSPS) is 11.8. The number of anilines is 1. The van der Waals surface area contributed by atoms with Gasteiger partial charge in [-0.3, -0.25) is 0 Å². The molecule has 0 fully saturated rings. The lowest BCUT2D eigenvalue weighted by Gasteiger charge is -2.16. The Labute approximate surface area is 154 Å². The molecule has 1 unspecified atom stereocenters. The van der Waals surface area contributed by atoms with Gasteiger partial charge in [-0.1, -0.05) is 44.2 Å². The highest BCUT2D eigenvalue weighted by Gasteiger charge is 2.13. The van der Waals surface area contributed by atoms with Crippen molar-refractivity contribution in [2.45, 2.75) is 32.4 Å². The summed E-state index contributed by atoms with van der Waals surface area (Å²) >= 11 is 0. The lowest BCUT2D eigenvalue weighted by atomic mass is 10.1. The van der Waals surface area contributed by atoms with Gasteiger partial charge in [0.05, 0.1) is 5.69 Å². The van der Waals surface area contributed by atoms with Crippen LogP contribution in [0.3, 0.4) is 0 Å². The molecule has 2 rings (SSSR count). The van der Waals surface area contributed by atoms with Gasteiger partial charge in [0.25, 0.3) is 0 Å². The SMILES string of the molecule is CC(C)NCC(O)COc1nccc(NCCc2ccccc2)c1C#N. The molecule has 3 N–H and O–H groups in total. The highest BCUT2D eigenvalue weighted by molar-refractivity contribution is 5.61. The van der Waals surface area contributed by atoms with E-state index in [4.69, 9.17) is 4.74 Å². The molecule has 0 aliphatic rings. The third kappa shape index (κ3) is 6.36. The minimum absolute atomic E-state index is 0.0782. The zero-order chi connectivity index (χ0) is 18.8. The number of nitrogens with one attached hydrogen (secondary N) is 2. The Bertz CT molecular complexity index is 713. The second-order valence-corrected chi connectivity index (χ2v) is 6.34. The predicted octanol–water partition coefficient (Wildman–Crippen LogP) is 2.35. The van der Waals surface area contributed by atoms with E-state index in [9.17, 15) is 10.4 Å². The molecular weight excluding hydrogens is 328 g/mol. The van der Waals surface area contributed by atoms with Crippen LogP contribution in [-0.4, -0.2) is 41.9 Å². The quantitative estimate of drug-likeness (QED) is 0.607. The Hall–Kier alpha value is -2.62. The maximum absolute atomic E-state index is 9.95. The molecule has 138 valence electrons. The van der Waals surface area contributed by atoms with E-state index in [1.165, 1.54) is 5.56 Å². The highest BCUT2D eigenvalue weighted by Crippen LogP contribution is 2.23. The summed E-state index contributed by atoms with van der Waals surface area (Å²) in [4.78, 5) is 4.13. The molecule has 0 radical (unpaired) electrons. The summed E-state index contributed by atoms with van der Waals surface area (Å²) in [6, 6.07) is 14.3. The summed E-state index contributed by atoms with van der Waals surface area (Å²) in [6.07, 6.45) is 1.78. The topological polar surface area (TPSA) is 90.2 Å². The molecule has 26 heavy (non-hydrogen) atoms. The maximum Gasteiger partial charge on any atom is 0.233 e. The number of hydrogen-bond acceptors (Lipinski definition) is 6. The van der Waals surface area contributed by atoms with E-state index in [-0.39, 0.29) is 18.5 Å². The molecule has 6 nitrogen and oxygen atoms in total.